The zero-order valence-electron chi connectivity index (χ0n) is 18.5. The van der Waals surface area contributed by atoms with Gasteiger partial charge in [-0.3, -0.25) is 14.5 Å². The van der Waals surface area contributed by atoms with Crippen LogP contribution in [0.3, 0.4) is 0 Å². The Morgan fingerprint density at radius 1 is 1.10 bits per heavy atom. The molecule has 0 spiro atoms. The summed E-state index contributed by atoms with van der Waals surface area (Å²) in [5.41, 5.74) is 1.17. The highest BCUT2D eigenvalue weighted by Gasteiger charge is 2.28. The van der Waals surface area contributed by atoms with E-state index in [0.29, 0.717) is 19.5 Å². The predicted octanol–water partition coefficient (Wildman–Crippen LogP) is 1.88. The van der Waals surface area contributed by atoms with E-state index < -0.39 is 18.0 Å². The van der Waals surface area contributed by atoms with E-state index in [4.69, 9.17) is 4.74 Å². The van der Waals surface area contributed by atoms with Gasteiger partial charge in [-0.05, 0) is 18.9 Å². The molecule has 8 heteroatoms. The molecule has 170 valence electrons. The lowest BCUT2D eigenvalue weighted by atomic mass is 10.1. The smallest absolute Gasteiger partial charge is 0.325 e. The van der Waals surface area contributed by atoms with Crippen molar-refractivity contribution < 1.29 is 19.1 Å². The molecule has 1 heterocycles. The maximum atomic E-state index is 12.9. The van der Waals surface area contributed by atoms with E-state index >= 15 is 0 Å². The fourth-order valence-electron chi connectivity index (χ4n) is 3.39. The first-order valence-electron chi connectivity index (χ1n) is 11.0. The summed E-state index contributed by atoms with van der Waals surface area (Å²) in [5.74, 6) is -0.582. The lowest BCUT2D eigenvalue weighted by Gasteiger charge is -2.36. The predicted molar refractivity (Wildman–Crippen MR) is 120 cm³/mol. The molecule has 1 unspecified atom stereocenters. The van der Waals surface area contributed by atoms with Gasteiger partial charge in [-0.25, -0.2) is 4.79 Å². The minimum absolute atomic E-state index is 0.0763. The first kappa shape index (κ1) is 24.4. The fraction of sp³-hybridized carbons (Fsp3) is 0.522. The minimum Gasteiger partial charge on any atom is -0.465 e. The Balaban J connectivity index is 1.77. The molecule has 3 amide bonds. The Hall–Kier alpha value is -2.87. The van der Waals surface area contributed by atoms with E-state index in [-0.39, 0.29) is 19.1 Å². The summed E-state index contributed by atoms with van der Waals surface area (Å²) < 4.78 is 4.78. The molecule has 0 bridgehead atoms. The topological polar surface area (TPSA) is 91.0 Å². The number of nitrogens with one attached hydrogen (secondary N) is 2. The number of ether oxygens (including phenoxy) is 1. The number of hydrogen-bond donors (Lipinski definition) is 2. The van der Waals surface area contributed by atoms with Crippen LogP contribution in [-0.4, -0.2) is 79.6 Å². The van der Waals surface area contributed by atoms with Crippen LogP contribution in [0.25, 0.3) is 6.08 Å². The third kappa shape index (κ3) is 8.80. The van der Waals surface area contributed by atoms with Crippen LogP contribution >= 0.6 is 0 Å². The molecule has 0 radical (unpaired) electrons. The van der Waals surface area contributed by atoms with Gasteiger partial charge >= 0.3 is 12.0 Å². The van der Waals surface area contributed by atoms with Gasteiger partial charge in [0.05, 0.1) is 6.61 Å². The fourth-order valence-corrected chi connectivity index (χ4v) is 3.39. The first-order chi connectivity index (χ1) is 15.0. The number of amides is 3. The van der Waals surface area contributed by atoms with Crippen LogP contribution in [0.5, 0.6) is 0 Å². The average molecular weight is 431 g/mol. The molecular weight excluding hydrogens is 396 g/mol. The maximum Gasteiger partial charge on any atom is 0.325 e. The summed E-state index contributed by atoms with van der Waals surface area (Å²) in [4.78, 5) is 40.5. The van der Waals surface area contributed by atoms with Crippen molar-refractivity contribution >= 4 is 24.0 Å². The number of urea groups is 1. The Labute approximate surface area is 184 Å². The molecular formula is C23H34N4O4. The van der Waals surface area contributed by atoms with E-state index in [1.807, 2.05) is 30.0 Å². The van der Waals surface area contributed by atoms with Crippen molar-refractivity contribution in [1.82, 2.24) is 20.4 Å². The molecule has 1 aliphatic heterocycles. The lowest BCUT2D eigenvalue weighted by Crippen LogP contribution is -2.56. The second kappa shape index (κ2) is 13.4. The summed E-state index contributed by atoms with van der Waals surface area (Å²) in [5, 5.41) is 5.15. The van der Waals surface area contributed by atoms with Crippen molar-refractivity contribution in [1.29, 1.82) is 0 Å². The molecule has 2 rings (SSSR count). The number of carbonyl (C=O) groups excluding carboxylic acids is 3. The molecule has 1 aromatic rings. The summed E-state index contributed by atoms with van der Waals surface area (Å²) >= 11 is 0. The average Bonchev–Trinajstić information content (AvgIpc) is 2.78. The van der Waals surface area contributed by atoms with Gasteiger partial charge in [0, 0.05) is 32.7 Å². The van der Waals surface area contributed by atoms with Crippen LogP contribution in [0, 0.1) is 0 Å². The third-order valence-corrected chi connectivity index (χ3v) is 5.04. The highest BCUT2D eigenvalue weighted by molar-refractivity contribution is 5.88. The molecule has 2 N–H and O–H groups in total. The normalized spacial score (nSPS) is 15.5. The van der Waals surface area contributed by atoms with Crippen molar-refractivity contribution in [2.75, 3.05) is 45.9 Å². The van der Waals surface area contributed by atoms with Gasteiger partial charge in [-0.1, -0.05) is 55.8 Å². The zero-order chi connectivity index (χ0) is 22.5. The third-order valence-electron chi connectivity index (χ3n) is 5.04. The Morgan fingerprint density at radius 3 is 2.45 bits per heavy atom. The quantitative estimate of drug-likeness (QED) is 0.553. The molecule has 0 aromatic heterocycles. The maximum absolute atomic E-state index is 12.9. The number of piperazine rings is 1. The molecule has 1 aromatic carbocycles. The van der Waals surface area contributed by atoms with Crippen LogP contribution in [0.15, 0.2) is 36.4 Å². The number of rotatable bonds is 10. The van der Waals surface area contributed by atoms with E-state index in [2.05, 4.69) is 39.8 Å². The van der Waals surface area contributed by atoms with Crippen molar-refractivity contribution in [3.8, 4) is 0 Å². The summed E-state index contributed by atoms with van der Waals surface area (Å²) in [6.45, 7) is 7.38. The summed E-state index contributed by atoms with van der Waals surface area (Å²) in [6, 6.07) is 9.02. The lowest BCUT2D eigenvalue weighted by molar-refractivity contribution is -0.141. The highest BCUT2D eigenvalue weighted by atomic mass is 16.5. The van der Waals surface area contributed by atoms with E-state index in [9.17, 15) is 14.4 Å². The molecule has 1 aliphatic rings. The van der Waals surface area contributed by atoms with Gasteiger partial charge in [0.1, 0.15) is 12.6 Å². The first-order valence-corrected chi connectivity index (χ1v) is 11.0. The monoisotopic (exact) mass is 430 g/mol. The minimum atomic E-state index is -0.600. The Kier molecular flexibility index (Phi) is 10.6. The molecule has 8 nitrogen and oxygen atoms in total. The number of carbonyl (C=O) groups is 3. The van der Waals surface area contributed by atoms with Crippen LogP contribution in [0.1, 0.15) is 32.3 Å². The molecule has 0 saturated carbocycles. The van der Waals surface area contributed by atoms with Gasteiger partial charge in [0.2, 0.25) is 5.91 Å². The zero-order valence-corrected chi connectivity index (χ0v) is 18.5. The number of esters is 1. The van der Waals surface area contributed by atoms with Crippen LogP contribution in [0.2, 0.25) is 0 Å². The summed E-state index contributed by atoms with van der Waals surface area (Å²) in [6.07, 6.45) is 5.56. The van der Waals surface area contributed by atoms with Crippen LogP contribution < -0.4 is 10.6 Å². The van der Waals surface area contributed by atoms with Crippen LogP contribution in [0.4, 0.5) is 4.79 Å². The second-order valence-corrected chi connectivity index (χ2v) is 7.41. The van der Waals surface area contributed by atoms with Crippen molar-refractivity contribution in [3.05, 3.63) is 42.0 Å². The number of benzene rings is 1. The van der Waals surface area contributed by atoms with Gasteiger partial charge in [0.15, 0.2) is 0 Å². The van der Waals surface area contributed by atoms with Gasteiger partial charge < -0.3 is 20.3 Å². The highest BCUT2D eigenvalue weighted by Crippen LogP contribution is 2.08. The number of nitrogens with zero attached hydrogens (tertiary/aromatic N) is 2. The van der Waals surface area contributed by atoms with Gasteiger partial charge in [-0.15, -0.1) is 0 Å². The number of hydrogen-bond acceptors (Lipinski definition) is 5. The molecule has 0 aliphatic carbocycles. The van der Waals surface area contributed by atoms with Crippen molar-refractivity contribution in [2.24, 2.45) is 0 Å². The standard InChI is InChI=1S/C23H34N4O4/c1-3-9-20(25-23(30)24-18-21(28)31-4-2)22(29)27-16-14-26(15-17-27)13-8-12-19-10-6-5-7-11-19/h5-8,10-12,20H,3-4,9,13-18H2,1-2H3,(H2,24,25,30)/b12-8+. The second-order valence-electron chi connectivity index (χ2n) is 7.41. The van der Waals surface area contributed by atoms with Gasteiger partial charge in [0.25, 0.3) is 0 Å². The molecule has 31 heavy (non-hydrogen) atoms. The molecule has 1 saturated heterocycles. The van der Waals surface area contributed by atoms with Crippen molar-refractivity contribution in [2.45, 2.75) is 32.7 Å². The summed E-state index contributed by atoms with van der Waals surface area (Å²) in [7, 11) is 0. The SMILES string of the molecule is CCCC(NC(=O)NCC(=O)OCC)C(=O)N1CCN(C/C=C/c2ccccc2)CC1. The van der Waals surface area contributed by atoms with Crippen molar-refractivity contribution in [3.63, 3.8) is 0 Å². The molecule has 1 fully saturated rings. The Bertz CT molecular complexity index is 730. The van der Waals surface area contributed by atoms with E-state index in [1.54, 1.807) is 6.92 Å². The van der Waals surface area contributed by atoms with E-state index in [0.717, 1.165) is 26.1 Å². The molecule has 1 atom stereocenters. The van der Waals surface area contributed by atoms with Gasteiger partial charge in [-0.2, -0.15) is 0 Å². The largest absolute Gasteiger partial charge is 0.465 e. The Morgan fingerprint density at radius 2 is 1.81 bits per heavy atom. The van der Waals surface area contributed by atoms with E-state index in [1.165, 1.54) is 5.56 Å². The van der Waals surface area contributed by atoms with Crippen LogP contribution in [-0.2, 0) is 14.3 Å².